The fourth-order valence-corrected chi connectivity index (χ4v) is 1.66. The average Bonchev–Trinajstić information content (AvgIpc) is 2.97. The van der Waals surface area contributed by atoms with Crippen LogP contribution in [-0.4, -0.2) is 11.7 Å². The molecule has 1 aliphatic carbocycles. The third-order valence-electron chi connectivity index (χ3n) is 2.87. The van der Waals surface area contributed by atoms with E-state index >= 15 is 0 Å². The van der Waals surface area contributed by atoms with E-state index in [-0.39, 0.29) is 11.8 Å². The fraction of sp³-hybridized carbons (Fsp3) is 0.500. The van der Waals surface area contributed by atoms with Gasteiger partial charge in [-0.1, -0.05) is 6.07 Å². The minimum atomic E-state index is -0.398. The molecule has 1 aliphatic rings. The van der Waals surface area contributed by atoms with E-state index in [0.29, 0.717) is 0 Å². The first-order valence-corrected chi connectivity index (χ1v) is 5.38. The minimum absolute atomic E-state index is 0.0331. The lowest BCUT2D eigenvalue weighted by atomic mass is 10.1. The summed E-state index contributed by atoms with van der Waals surface area (Å²) >= 11 is 0. The van der Waals surface area contributed by atoms with E-state index in [1.54, 1.807) is 6.07 Å². The van der Waals surface area contributed by atoms with Crippen LogP contribution in [0.4, 0.5) is 4.39 Å². The number of benzene rings is 1. The molecule has 1 atom stereocenters. The molecule has 1 fully saturated rings. The van der Waals surface area contributed by atoms with Crippen LogP contribution in [0.15, 0.2) is 18.2 Å². The van der Waals surface area contributed by atoms with E-state index in [9.17, 15) is 9.50 Å². The molecule has 1 saturated carbocycles. The highest BCUT2D eigenvalue weighted by Crippen LogP contribution is 2.30. The lowest BCUT2D eigenvalue weighted by Gasteiger charge is -2.15. The van der Waals surface area contributed by atoms with Gasteiger partial charge in [0.15, 0.2) is 0 Å². The van der Waals surface area contributed by atoms with Gasteiger partial charge in [0.25, 0.3) is 0 Å². The fourth-order valence-electron chi connectivity index (χ4n) is 1.66. The predicted octanol–water partition coefficient (Wildman–Crippen LogP) is 2.59. The molecular formula is C12H16FNO. The molecule has 0 unspecified atom stereocenters. The normalized spacial score (nSPS) is 17.7. The highest BCUT2D eigenvalue weighted by atomic mass is 19.1. The maximum atomic E-state index is 12.8. The molecule has 1 aromatic carbocycles. The number of phenolic OH excluding ortho intramolecular Hbond substituents is 1. The second-order valence-electron chi connectivity index (χ2n) is 4.28. The van der Waals surface area contributed by atoms with Crippen molar-refractivity contribution >= 4 is 0 Å². The molecule has 0 bridgehead atoms. The summed E-state index contributed by atoms with van der Waals surface area (Å²) in [4.78, 5) is 0. The zero-order chi connectivity index (χ0) is 10.8. The van der Waals surface area contributed by atoms with Gasteiger partial charge in [-0.15, -0.1) is 0 Å². The van der Waals surface area contributed by atoms with Crippen LogP contribution in [0, 0.1) is 11.7 Å². The molecule has 0 amide bonds. The van der Waals surface area contributed by atoms with Crippen LogP contribution >= 0.6 is 0 Å². The summed E-state index contributed by atoms with van der Waals surface area (Å²) in [7, 11) is 0. The van der Waals surface area contributed by atoms with Crippen LogP contribution < -0.4 is 5.32 Å². The Labute approximate surface area is 89.1 Å². The Balaban J connectivity index is 1.99. The molecule has 0 aromatic heterocycles. The largest absolute Gasteiger partial charge is 0.508 e. The van der Waals surface area contributed by atoms with E-state index in [1.807, 2.05) is 6.92 Å². The van der Waals surface area contributed by atoms with Crippen LogP contribution in [0.2, 0.25) is 0 Å². The lowest BCUT2D eigenvalue weighted by molar-refractivity contribution is 0.445. The summed E-state index contributed by atoms with van der Waals surface area (Å²) in [6, 6.07) is 4.25. The van der Waals surface area contributed by atoms with Crippen LogP contribution in [0.1, 0.15) is 31.4 Å². The van der Waals surface area contributed by atoms with E-state index < -0.39 is 5.82 Å². The van der Waals surface area contributed by atoms with Crippen LogP contribution in [-0.2, 0) is 0 Å². The first-order chi connectivity index (χ1) is 7.16. The Morgan fingerprint density at radius 2 is 2.27 bits per heavy atom. The molecule has 2 nitrogen and oxygen atoms in total. The summed E-state index contributed by atoms with van der Waals surface area (Å²) < 4.78 is 12.8. The summed E-state index contributed by atoms with van der Waals surface area (Å²) in [5.74, 6) is 0.437. The molecule has 2 rings (SSSR count). The molecule has 3 heteroatoms. The van der Waals surface area contributed by atoms with Crippen molar-refractivity contribution in [1.82, 2.24) is 5.32 Å². The van der Waals surface area contributed by atoms with Crippen molar-refractivity contribution < 1.29 is 9.50 Å². The molecular weight excluding hydrogens is 193 g/mol. The molecule has 0 aliphatic heterocycles. The number of nitrogens with one attached hydrogen (secondary N) is 1. The molecule has 0 spiro atoms. The maximum absolute atomic E-state index is 12.8. The Hall–Kier alpha value is -1.09. The van der Waals surface area contributed by atoms with Gasteiger partial charge in [0, 0.05) is 17.7 Å². The number of hydrogen-bond donors (Lipinski definition) is 2. The Morgan fingerprint density at radius 3 is 2.87 bits per heavy atom. The molecule has 0 heterocycles. The van der Waals surface area contributed by atoms with Crippen LogP contribution in [0.5, 0.6) is 5.75 Å². The van der Waals surface area contributed by atoms with Crippen LogP contribution in [0.3, 0.4) is 0 Å². The molecule has 0 radical (unpaired) electrons. The van der Waals surface area contributed by atoms with E-state index in [2.05, 4.69) is 5.32 Å². The van der Waals surface area contributed by atoms with Gasteiger partial charge in [0.05, 0.1) is 0 Å². The Morgan fingerprint density at radius 1 is 1.53 bits per heavy atom. The quantitative estimate of drug-likeness (QED) is 0.798. The van der Waals surface area contributed by atoms with Gasteiger partial charge in [0.1, 0.15) is 11.6 Å². The number of hydrogen-bond acceptors (Lipinski definition) is 2. The van der Waals surface area contributed by atoms with Crippen molar-refractivity contribution in [2.24, 2.45) is 5.92 Å². The van der Waals surface area contributed by atoms with E-state index in [0.717, 1.165) is 24.1 Å². The summed E-state index contributed by atoms with van der Waals surface area (Å²) in [6.07, 6.45) is 2.60. The van der Waals surface area contributed by atoms with E-state index in [1.165, 1.54) is 18.9 Å². The Bertz CT molecular complexity index is 349. The van der Waals surface area contributed by atoms with Gasteiger partial charge in [-0.05, 0) is 38.3 Å². The van der Waals surface area contributed by atoms with Gasteiger partial charge < -0.3 is 10.4 Å². The maximum Gasteiger partial charge on any atom is 0.126 e. The third kappa shape index (κ3) is 2.69. The summed E-state index contributed by atoms with van der Waals surface area (Å²) in [5, 5.41) is 12.9. The highest BCUT2D eigenvalue weighted by Gasteiger charge is 2.22. The number of phenols is 1. The molecule has 82 valence electrons. The highest BCUT2D eigenvalue weighted by molar-refractivity contribution is 5.34. The van der Waals surface area contributed by atoms with Crippen molar-refractivity contribution in [1.29, 1.82) is 0 Å². The Kier molecular flexibility index (Phi) is 2.91. The van der Waals surface area contributed by atoms with Crippen molar-refractivity contribution in [2.45, 2.75) is 25.8 Å². The third-order valence-corrected chi connectivity index (χ3v) is 2.87. The summed E-state index contributed by atoms with van der Waals surface area (Å²) in [5.41, 5.74) is 0.761. The number of halogens is 1. The number of rotatable bonds is 4. The van der Waals surface area contributed by atoms with Gasteiger partial charge in [-0.3, -0.25) is 0 Å². The number of aromatic hydroxyl groups is 1. The van der Waals surface area contributed by atoms with Gasteiger partial charge in [0.2, 0.25) is 0 Å². The first kappa shape index (κ1) is 10.4. The minimum Gasteiger partial charge on any atom is -0.508 e. The molecule has 15 heavy (non-hydrogen) atoms. The molecule has 2 N–H and O–H groups in total. The SMILES string of the molecule is C[C@@H](NCC1CC1)c1ccc(F)cc1O. The zero-order valence-electron chi connectivity index (χ0n) is 8.83. The van der Waals surface area contributed by atoms with Crippen molar-refractivity contribution in [3.05, 3.63) is 29.6 Å². The predicted molar refractivity (Wildman–Crippen MR) is 57.2 cm³/mol. The second kappa shape index (κ2) is 4.19. The zero-order valence-corrected chi connectivity index (χ0v) is 8.83. The average molecular weight is 209 g/mol. The smallest absolute Gasteiger partial charge is 0.126 e. The summed E-state index contributed by atoms with van der Waals surface area (Å²) in [6.45, 7) is 2.97. The van der Waals surface area contributed by atoms with Gasteiger partial charge in [-0.2, -0.15) is 0 Å². The molecule has 1 aromatic rings. The van der Waals surface area contributed by atoms with Crippen molar-refractivity contribution in [2.75, 3.05) is 6.54 Å². The standard InChI is InChI=1S/C12H16FNO/c1-8(14-7-9-2-3-9)11-5-4-10(13)6-12(11)15/h4-6,8-9,14-15H,2-3,7H2,1H3/t8-/m1/s1. The topological polar surface area (TPSA) is 32.3 Å². The van der Waals surface area contributed by atoms with Gasteiger partial charge >= 0.3 is 0 Å². The monoisotopic (exact) mass is 209 g/mol. The molecule has 0 saturated heterocycles. The van der Waals surface area contributed by atoms with Gasteiger partial charge in [-0.25, -0.2) is 4.39 Å². The second-order valence-corrected chi connectivity index (χ2v) is 4.28. The first-order valence-electron chi connectivity index (χ1n) is 5.38. The van der Waals surface area contributed by atoms with Crippen molar-refractivity contribution in [3.63, 3.8) is 0 Å². The van der Waals surface area contributed by atoms with Crippen molar-refractivity contribution in [3.8, 4) is 5.75 Å². The van der Waals surface area contributed by atoms with E-state index in [4.69, 9.17) is 0 Å². The van der Waals surface area contributed by atoms with Crippen LogP contribution in [0.25, 0.3) is 0 Å². The lowest BCUT2D eigenvalue weighted by Crippen LogP contribution is -2.21.